The fraction of sp³-hybridized carbons (Fsp3) is 0.286. The molecule has 0 bridgehead atoms. The van der Waals surface area contributed by atoms with Gasteiger partial charge in [-0.05, 0) is 18.1 Å². The minimum absolute atomic E-state index is 0.144. The van der Waals surface area contributed by atoms with E-state index in [0.29, 0.717) is 12.3 Å². The minimum atomic E-state index is -0.673. The second-order valence-electron chi connectivity index (χ2n) is 6.54. The lowest BCUT2D eigenvalue weighted by Gasteiger charge is -2.13. The average Bonchev–Trinajstić information content (AvgIpc) is 2.99. The van der Waals surface area contributed by atoms with Crippen LogP contribution in [-0.2, 0) is 22.7 Å². The quantitative estimate of drug-likeness (QED) is 0.687. The Morgan fingerprint density at radius 3 is 2.57 bits per heavy atom. The molecule has 2 N–H and O–H groups in total. The van der Waals surface area contributed by atoms with Crippen molar-refractivity contribution in [1.29, 1.82) is 0 Å². The maximum atomic E-state index is 12.5. The molecule has 1 aliphatic rings. The Labute approximate surface area is 163 Å². The monoisotopic (exact) mass is 381 g/mol. The second-order valence-corrected chi connectivity index (χ2v) is 6.54. The molecular weight excluding hydrogens is 358 g/mol. The number of carbonyl (C=O) groups excluding carboxylic acids is 3. The number of carbonyl (C=O) groups is 3. The number of hydrogen-bond acceptors (Lipinski definition) is 4. The maximum Gasteiger partial charge on any atom is 0.325 e. The van der Waals surface area contributed by atoms with Crippen LogP contribution in [0.5, 0.6) is 5.75 Å². The number of benzene rings is 2. The summed E-state index contributed by atoms with van der Waals surface area (Å²) in [5.74, 6) is 0.221. The first-order valence-electron chi connectivity index (χ1n) is 9.13. The van der Waals surface area contributed by atoms with Gasteiger partial charge in [0.2, 0.25) is 5.91 Å². The van der Waals surface area contributed by atoms with Crippen molar-refractivity contribution in [2.24, 2.45) is 0 Å². The third-order valence-electron chi connectivity index (χ3n) is 4.62. The summed E-state index contributed by atoms with van der Waals surface area (Å²) in [6.07, 6.45) is 0.401. The lowest BCUT2D eigenvalue weighted by Crippen LogP contribution is -2.32. The van der Waals surface area contributed by atoms with E-state index in [1.807, 2.05) is 54.6 Å². The fourth-order valence-corrected chi connectivity index (χ4v) is 3.09. The molecule has 1 saturated heterocycles. The van der Waals surface area contributed by atoms with E-state index in [1.54, 1.807) is 7.11 Å². The highest BCUT2D eigenvalue weighted by atomic mass is 16.5. The van der Waals surface area contributed by atoms with Crippen LogP contribution in [-0.4, -0.2) is 35.9 Å². The summed E-state index contributed by atoms with van der Waals surface area (Å²) in [6, 6.07) is 15.7. The lowest BCUT2D eigenvalue weighted by molar-refractivity contribution is -0.128. The van der Waals surface area contributed by atoms with Gasteiger partial charge in [0.05, 0.1) is 13.7 Å². The number of nitrogens with zero attached hydrogens (tertiary/aromatic N) is 1. The topological polar surface area (TPSA) is 87.7 Å². The molecule has 1 aliphatic heterocycles. The summed E-state index contributed by atoms with van der Waals surface area (Å²) in [7, 11) is 1.58. The maximum absolute atomic E-state index is 12.5. The van der Waals surface area contributed by atoms with Crippen LogP contribution in [0, 0.1) is 0 Å². The van der Waals surface area contributed by atoms with Crippen LogP contribution >= 0.6 is 0 Å². The van der Waals surface area contributed by atoms with Gasteiger partial charge in [-0.1, -0.05) is 48.5 Å². The van der Waals surface area contributed by atoms with Crippen molar-refractivity contribution in [3.8, 4) is 5.75 Å². The van der Waals surface area contributed by atoms with Gasteiger partial charge in [0.1, 0.15) is 11.8 Å². The highest BCUT2D eigenvalue weighted by Gasteiger charge is 2.37. The van der Waals surface area contributed by atoms with Crippen LogP contribution in [0.2, 0.25) is 0 Å². The molecule has 1 atom stereocenters. The van der Waals surface area contributed by atoms with Gasteiger partial charge in [-0.3, -0.25) is 14.5 Å². The number of amides is 4. The smallest absolute Gasteiger partial charge is 0.325 e. The van der Waals surface area contributed by atoms with Gasteiger partial charge in [0.25, 0.3) is 5.91 Å². The second kappa shape index (κ2) is 9.03. The number of urea groups is 1. The van der Waals surface area contributed by atoms with Gasteiger partial charge in [-0.2, -0.15) is 0 Å². The Hall–Kier alpha value is -3.35. The van der Waals surface area contributed by atoms with Crippen LogP contribution in [0.3, 0.4) is 0 Å². The van der Waals surface area contributed by atoms with E-state index in [9.17, 15) is 14.4 Å². The summed E-state index contributed by atoms with van der Waals surface area (Å²) in [5.41, 5.74) is 1.75. The SMILES string of the molecule is COc1ccccc1CNC(=O)CC[C@@H]1NC(=O)N(Cc2ccccc2)C1=O. The predicted octanol–water partition coefficient (Wildman–Crippen LogP) is 2.21. The number of ether oxygens (including phenoxy) is 1. The predicted molar refractivity (Wildman–Crippen MR) is 103 cm³/mol. The molecule has 0 aromatic heterocycles. The molecule has 1 heterocycles. The van der Waals surface area contributed by atoms with Crippen LogP contribution in [0.1, 0.15) is 24.0 Å². The molecule has 28 heavy (non-hydrogen) atoms. The standard InChI is InChI=1S/C21H23N3O4/c1-28-18-10-6-5-9-16(18)13-22-19(25)12-11-17-20(26)24(21(27)23-17)14-15-7-3-2-4-8-15/h2-10,17H,11-14H2,1H3,(H,22,25)(H,23,27)/t17-/m0/s1. The molecule has 0 radical (unpaired) electrons. The van der Waals surface area contributed by atoms with E-state index in [2.05, 4.69) is 10.6 Å². The van der Waals surface area contributed by atoms with Gasteiger partial charge >= 0.3 is 6.03 Å². The molecule has 7 heteroatoms. The van der Waals surface area contributed by atoms with Crippen molar-refractivity contribution in [3.63, 3.8) is 0 Å². The molecule has 4 amide bonds. The number of para-hydroxylation sites is 1. The zero-order chi connectivity index (χ0) is 19.9. The molecular formula is C21H23N3O4. The van der Waals surface area contributed by atoms with Crippen molar-refractivity contribution in [3.05, 3.63) is 65.7 Å². The van der Waals surface area contributed by atoms with Gasteiger partial charge in [0, 0.05) is 18.5 Å². The number of nitrogens with one attached hydrogen (secondary N) is 2. The summed E-state index contributed by atoms with van der Waals surface area (Å²) in [4.78, 5) is 37.9. The summed E-state index contributed by atoms with van der Waals surface area (Å²) < 4.78 is 5.26. The van der Waals surface area contributed by atoms with Gasteiger partial charge in [0.15, 0.2) is 0 Å². The third-order valence-corrected chi connectivity index (χ3v) is 4.62. The fourth-order valence-electron chi connectivity index (χ4n) is 3.09. The molecule has 7 nitrogen and oxygen atoms in total. The molecule has 3 rings (SSSR count). The first-order chi connectivity index (χ1) is 13.6. The lowest BCUT2D eigenvalue weighted by atomic mass is 10.1. The molecule has 0 spiro atoms. The Bertz CT molecular complexity index is 854. The number of methoxy groups -OCH3 is 1. The van der Waals surface area contributed by atoms with E-state index >= 15 is 0 Å². The highest BCUT2D eigenvalue weighted by molar-refractivity contribution is 6.04. The van der Waals surface area contributed by atoms with Crippen molar-refractivity contribution >= 4 is 17.8 Å². The third kappa shape index (κ3) is 4.68. The number of rotatable bonds is 8. The highest BCUT2D eigenvalue weighted by Crippen LogP contribution is 2.17. The zero-order valence-corrected chi connectivity index (χ0v) is 15.7. The largest absolute Gasteiger partial charge is 0.496 e. The summed E-state index contributed by atoms with van der Waals surface area (Å²) in [6.45, 7) is 0.565. The molecule has 0 saturated carbocycles. The van der Waals surface area contributed by atoms with Gasteiger partial charge < -0.3 is 15.4 Å². The molecule has 0 unspecified atom stereocenters. The van der Waals surface area contributed by atoms with Crippen LogP contribution in [0.4, 0.5) is 4.79 Å². The zero-order valence-electron chi connectivity index (χ0n) is 15.7. The average molecular weight is 381 g/mol. The summed E-state index contributed by atoms with van der Waals surface area (Å²) >= 11 is 0. The molecule has 2 aromatic rings. The molecule has 2 aromatic carbocycles. The van der Waals surface area contributed by atoms with E-state index in [0.717, 1.165) is 11.1 Å². The van der Waals surface area contributed by atoms with E-state index in [1.165, 1.54) is 4.90 Å². The van der Waals surface area contributed by atoms with Crippen molar-refractivity contribution in [2.45, 2.75) is 32.0 Å². The van der Waals surface area contributed by atoms with Gasteiger partial charge in [-0.25, -0.2) is 4.79 Å². The van der Waals surface area contributed by atoms with E-state index in [-0.39, 0.29) is 31.2 Å². The molecule has 0 aliphatic carbocycles. The Balaban J connectivity index is 1.48. The number of hydrogen-bond donors (Lipinski definition) is 2. The Morgan fingerprint density at radius 1 is 1.11 bits per heavy atom. The first-order valence-corrected chi connectivity index (χ1v) is 9.13. The van der Waals surface area contributed by atoms with E-state index in [4.69, 9.17) is 4.74 Å². The normalized spacial score (nSPS) is 16.0. The number of imide groups is 1. The van der Waals surface area contributed by atoms with Crippen LogP contribution in [0.25, 0.3) is 0 Å². The summed E-state index contributed by atoms with van der Waals surface area (Å²) in [5, 5.41) is 5.48. The van der Waals surface area contributed by atoms with Crippen LogP contribution < -0.4 is 15.4 Å². The Kier molecular flexibility index (Phi) is 6.26. The van der Waals surface area contributed by atoms with Crippen molar-refractivity contribution in [2.75, 3.05) is 7.11 Å². The van der Waals surface area contributed by atoms with Crippen LogP contribution in [0.15, 0.2) is 54.6 Å². The Morgan fingerprint density at radius 2 is 1.82 bits per heavy atom. The van der Waals surface area contributed by atoms with Crippen molar-refractivity contribution < 1.29 is 19.1 Å². The van der Waals surface area contributed by atoms with Crippen molar-refractivity contribution in [1.82, 2.24) is 15.5 Å². The minimum Gasteiger partial charge on any atom is -0.496 e. The van der Waals surface area contributed by atoms with E-state index < -0.39 is 12.1 Å². The first kappa shape index (κ1) is 19.4. The molecule has 146 valence electrons. The van der Waals surface area contributed by atoms with Gasteiger partial charge in [-0.15, -0.1) is 0 Å². The molecule has 1 fully saturated rings.